The van der Waals surface area contributed by atoms with Crippen LogP contribution in [0, 0.1) is 0 Å². The molecule has 1 aliphatic carbocycles. The van der Waals surface area contributed by atoms with Crippen molar-refractivity contribution in [3.8, 4) is 22.3 Å². The van der Waals surface area contributed by atoms with E-state index in [-0.39, 0.29) is 0 Å². The summed E-state index contributed by atoms with van der Waals surface area (Å²) < 4.78 is 12.4. The van der Waals surface area contributed by atoms with Gasteiger partial charge in [0.1, 0.15) is 22.7 Å². The molecule has 0 bridgehead atoms. The highest BCUT2D eigenvalue weighted by Crippen LogP contribution is 2.54. The van der Waals surface area contributed by atoms with Gasteiger partial charge in [-0.25, -0.2) is 0 Å². The van der Waals surface area contributed by atoms with E-state index < -0.39 is 0 Å². The maximum atomic E-state index is 6.22. The van der Waals surface area contributed by atoms with Crippen molar-refractivity contribution in [2.45, 2.75) is 25.7 Å². The summed E-state index contributed by atoms with van der Waals surface area (Å²) >= 11 is 0. The molecule has 2 aromatic heterocycles. The lowest BCUT2D eigenvalue weighted by atomic mass is 9.77. The van der Waals surface area contributed by atoms with Crippen LogP contribution in [0.25, 0.3) is 44.2 Å². The number of furan rings is 2. The summed E-state index contributed by atoms with van der Waals surface area (Å²) in [7, 11) is 0. The van der Waals surface area contributed by atoms with Gasteiger partial charge in [0.05, 0.1) is 0 Å². The van der Waals surface area contributed by atoms with Crippen LogP contribution in [0.15, 0.2) is 106 Å². The molecule has 0 spiro atoms. The average Bonchev–Trinajstić information content (AvgIpc) is 3.47. The van der Waals surface area contributed by atoms with E-state index in [2.05, 4.69) is 97.1 Å². The Bertz CT molecular complexity index is 1500. The Morgan fingerprint density at radius 1 is 0.441 bits per heavy atom. The third-order valence-electron chi connectivity index (χ3n) is 7.05. The van der Waals surface area contributed by atoms with Crippen LogP contribution >= 0.6 is 0 Å². The van der Waals surface area contributed by atoms with E-state index in [0.717, 1.165) is 48.4 Å². The summed E-state index contributed by atoms with van der Waals surface area (Å²) in [5, 5.41) is 2.44. The number of rotatable bonds is 6. The fourth-order valence-electron chi connectivity index (χ4n) is 5.33. The van der Waals surface area contributed by atoms with Crippen molar-refractivity contribution in [3.63, 3.8) is 0 Å². The lowest BCUT2D eigenvalue weighted by Crippen LogP contribution is -1.99. The fourth-order valence-corrected chi connectivity index (χ4v) is 5.33. The molecule has 1 aliphatic rings. The number of aryl methyl sites for hydroxylation is 4. The van der Waals surface area contributed by atoms with Gasteiger partial charge in [0.2, 0.25) is 0 Å². The Hall–Kier alpha value is -4.04. The first-order valence-electron chi connectivity index (χ1n) is 12.0. The predicted octanol–water partition coefficient (Wildman–Crippen LogP) is 8.40. The first-order chi connectivity index (χ1) is 16.8. The van der Waals surface area contributed by atoms with Gasteiger partial charge in [-0.3, -0.25) is 0 Å². The maximum absolute atomic E-state index is 6.22. The van der Waals surface area contributed by atoms with Gasteiger partial charge in [0, 0.05) is 34.7 Å². The minimum Gasteiger partial charge on any atom is -0.461 e. The summed E-state index contributed by atoms with van der Waals surface area (Å²) in [5.41, 5.74) is 9.87. The second-order valence-corrected chi connectivity index (χ2v) is 9.20. The monoisotopic (exact) mass is 440 g/mol. The Morgan fingerprint density at radius 2 is 0.882 bits per heavy atom. The van der Waals surface area contributed by atoms with Crippen molar-refractivity contribution in [2.75, 3.05) is 0 Å². The van der Waals surface area contributed by atoms with Gasteiger partial charge in [-0.05, 0) is 71.5 Å². The molecule has 7 rings (SSSR count). The zero-order chi connectivity index (χ0) is 22.5. The van der Waals surface area contributed by atoms with Gasteiger partial charge in [0.15, 0.2) is 0 Å². The van der Waals surface area contributed by atoms with Crippen molar-refractivity contribution in [1.29, 1.82) is 0 Å². The molecule has 164 valence electrons. The quantitative estimate of drug-likeness (QED) is 0.259. The fraction of sp³-hybridized carbons (Fsp3) is 0.125. The molecule has 2 nitrogen and oxygen atoms in total. The van der Waals surface area contributed by atoms with Crippen LogP contribution in [-0.4, -0.2) is 0 Å². The molecule has 0 amide bonds. The largest absolute Gasteiger partial charge is 0.461 e. The number of benzene rings is 4. The van der Waals surface area contributed by atoms with Crippen LogP contribution in [-0.2, 0) is 25.7 Å². The summed E-state index contributed by atoms with van der Waals surface area (Å²) in [6.45, 7) is 0. The van der Waals surface area contributed by atoms with Crippen molar-refractivity contribution in [3.05, 3.63) is 120 Å². The Labute approximate surface area is 198 Å². The topological polar surface area (TPSA) is 26.3 Å². The molecule has 0 saturated heterocycles. The first kappa shape index (κ1) is 19.4. The van der Waals surface area contributed by atoms with Gasteiger partial charge in [-0.1, -0.05) is 60.7 Å². The van der Waals surface area contributed by atoms with Crippen LogP contribution in [0.1, 0.15) is 22.6 Å². The molecule has 4 aromatic carbocycles. The van der Waals surface area contributed by atoms with Gasteiger partial charge in [0.25, 0.3) is 0 Å². The van der Waals surface area contributed by atoms with Crippen LogP contribution in [0.3, 0.4) is 0 Å². The molecule has 2 heteroatoms. The Morgan fingerprint density at radius 3 is 1.32 bits per heavy atom. The SMILES string of the molecule is c1ccc(CCc2cc3c4c(ccc3o2)-c2c-4ccc3oc(CCc4ccccc4)cc23)cc1. The summed E-state index contributed by atoms with van der Waals surface area (Å²) in [6, 6.07) is 34.4. The third kappa shape index (κ3) is 3.18. The second-order valence-electron chi connectivity index (χ2n) is 9.20. The van der Waals surface area contributed by atoms with E-state index in [1.165, 1.54) is 44.2 Å². The van der Waals surface area contributed by atoms with E-state index >= 15 is 0 Å². The lowest BCUT2D eigenvalue weighted by Gasteiger charge is -2.25. The molecular formula is C32H24O2. The van der Waals surface area contributed by atoms with Crippen molar-refractivity contribution in [1.82, 2.24) is 0 Å². The molecule has 0 radical (unpaired) electrons. The predicted molar refractivity (Wildman–Crippen MR) is 138 cm³/mol. The molecule has 6 aromatic rings. The van der Waals surface area contributed by atoms with Gasteiger partial charge in [-0.15, -0.1) is 0 Å². The highest BCUT2D eigenvalue weighted by Gasteiger charge is 2.29. The van der Waals surface area contributed by atoms with Gasteiger partial charge < -0.3 is 8.83 Å². The highest BCUT2D eigenvalue weighted by atomic mass is 16.3. The van der Waals surface area contributed by atoms with Crippen molar-refractivity contribution in [2.24, 2.45) is 0 Å². The Balaban J connectivity index is 1.19. The number of hydrogen-bond donors (Lipinski definition) is 0. The maximum Gasteiger partial charge on any atom is 0.134 e. The van der Waals surface area contributed by atoms with Crippen LogP contribution in [0.2, 0.25) is 0 Å². The minimum atomic E-state index is 0.909. The second kappa shape index (κ2) is 7.78. The van der Waals surface area contributed by atoms with Crippen LogP contribution in [0.5, 0.6) is 0 Å². The smallest absolute Gasteiger partial charge is 0.134 e. The minimum absolute atomic E-state index is 0.909. The summed E-state index contributed by atoms with van der Waals surface area (Å²) in [4.78, 5) is 0. The average molecular weight is 441 g/mol. The lowest BCUT2D eigenvalue weighted by molar-refractivity contribution is 0.547. The molecule has 0 fully saturated rings. The zero-order valence-electron chi connectivity index (χ0n) is 18.9. The highest BCUT2D eigenvalue weighted by molar-refractivity contribution is 6.20. The summed E-state index contributed by atoms with van der Waals surface area (Å²) in [5.74, 6) is 2.10. The van der Waals surface area contributed by atoms with Crippen LogP contribution in [0.4, 0.5) is 0 Å². The first-order valence-corrected chi connectivity index (χ1v) is 12.0. The summed E-state index contributed by atoms with van der Waals surface area (Å²) in [6.07, 6.45) is 3.79. The molecule has 0 aliphatic heterocycles. The van der Waals surface area contributed by atoms with Gasteiger partial charge >= 0.3 is 0 Å². The molecule has 2 heterocycles. The molecule has 0 atom stereocenters. The molecule has 0 N–H and O–H groups in total. The third-order valence-corrected chi connectivity index (χ3v) is 7.05. The van der Waals surface area contributed by atoms with E-state index in [9.17, 15) is 0 Å². The van der Waals surface area contributed by atoms with Crippen molar-refractivity contribution >= 4 is 21.9 Å². The van der Waals surface area contributed by atoms with E-state index in [1.54, 1.807) is 0 Å². The number of fused-ring (bicyclic) bond motifs is 8. The Kier molecular flexibility index (Phi) is 4.44. The van der Waals surface area contributed by atoms with E-state index in [1.807, 2.05) is 0 Å². The molecular weight excluding hydrogens is 416 g/mol. The van der Waals surface area contributed by atoms with Gasteiger partial charge in [-0.2, -0.15) is 0 Å². The van der Waals surface area contributed by atoms with Crippen LogP contribution < -0.4 is 0 Å². The zero-order valence-corrected chi connectivity index (χ0v) is 18.9. The number of hydrogen-bond acceptors (Lipinski definition) is 2. The molecule has 0 saturated carbocycles. The molecule has 0 unspecified atom stereocenters. The molecule has 34 heavy (non-hydrogen) atoms. The van der Waals surface area contributed by atoms with Crippen molar-refractivity contribution < 1.29 is 8.83 Å². The van der Waals surface area contributed by atoms with E-state index in [4.69, 9.17) is 8.83 Å². The normalized spacial score (nSPS) is 12.0. The van der Waals surface area contributed by atoms with E-state index in [0.29, 0.717) is 0 Å². The standard InChI is InChI=1S/C32H24O2/c1-3-7-21(8-4-1)11-13-23-19-27-29(33-23)17-15-25-31(27)26-16-18-30-28(32(25)26)20-24(34-30)14-12-22-9-5-2-6-10-22/h1-10,15-20H,11-14H2.